The maximum absolute atomic E-state index is 8.98. The normalized spacial score (nSPS) is 13.0. The molecule has 3 rings (SSSR count). The fourth-order valence-corrected chi connectivity index (χ4v) is 4.13. The lowest BCUT2D eigenvalue weighted by Gasteiger charge is -2.29. The van der Waals surface area contributed by atoms with Crippen molar-refractivity contribution in [2.45, 2.75) is 71.8 Å². The van der Waals surface area contributed by atoms with E-state index in [1.807, 2.05) is 6.07 Å². The number of rotatable bonds is 10. The molecule has 0 aromatic heterocycles. The first-order chi connectivity index (χ1) is 14.2. The molecule has 1 aliphatic carbocycles. The van der Waals surface area contributed by atoms with E-state index < -0.39 is 0 Å². The largest absolute Gasteiger partial charge is 0.489 e. The third kappa shape index (κ3) is 5.62. The van der Waals surface area contributed by atoms with E-state index in [2.05, 4.69) is 55.1 Å². The summed E-state index contributed by atoms with van der Waals surface area (Å²) >= 11 is 0. The Kier molecular flexibility index (Phi) is 8.15. The van der Waals surface area contributed by atoms with Crippen LogP contribution in [0.3, 0.4) is 0 Å². The van der Waals surface area contributed by atoms with E-state index in [4.69, 9.17) is 10.1 Å². The average molecular weight is 393 g/mol. The third-order valence-electron chi connectivity index (χ3n) is 5.86. The molecular formula is C26H36N2O. The van der Waals surface area contributed by atoms with Gasteiger partial charge in [0.2, 0.25) is 0 Å². The SMILES string of the molecule is CCCCN(CCCC)C(=N)c1ccc(OCc2ccccc2)c2c1CCCC2. The highest BCUT2D eigenvalue weighted by Gasteiger charge is 2.22. The number of fused-ring (bicyclic) bond motifs is 1. The monoisotopic (exact) mass is 392 g/mol. The smallest absolute Gasteiger partial charge is 0.128 e. The molecule has 0 radical (unpaired) electrons. The number of hydrogen-bond acceptors (Lipinski definition) is 2. The predicted octanol–water partition coefficient (Wildman–Crippen LogP) is 6.37. The molecule has 0 bridgehead atoms. The lowest BCUT2D eigenvalue weighted by molar-refractivity contribution is 0.301. The van der Waals surface area contributed by atoms with Crippen LogP contribution in [0.4, 0.5) is 0 Å². The topological polar surface area (TPSA) is 36.3 Å². The molecule has 3 heteroatoms. The first kappa shape index (κ1) is 21.4. The molecular weight excluding hydrogens is 356 g/mol. The molecule has 0 unspecified atom stereocenters. The van der Waals surface area contributed by atoms with Crippen LogP contribution in [0.25, 0.3) is 0 Å². The second-order valence-corrected chi connectivity index (χ2v) is 8.09. The van der Waals surface area contributed by atoms with Crippen LogP contribution >= 0.6 is 0 Å². The molecule has 0 saturated heterocycles. The summed E-state index contributed by atoms with van der Waals surface area (Å²) in [6.45, 7) is 7.01. The molecule has 2 aromatic carbocycles. The second-order valence-electron chi connectivity index (χ2n) is 8.09. The molecule has 3 nitrogen and oxygen atoms in total. The predicted molar refractivity (Wildman–Crippen MR) is 122 cm³/mol. The van der Waals surface area contributed by atoms with Gasteiger partial charge in [-0.3, -0.25) is 5.41 Å². The molecule has 0 spiro atoms. The highest BCUT2D eigenvalue weighted by atomic mass is 16.5. The molecule has 0 amide bonds. The Morgan fingerprint density at radius 1 is 0.897 bits per heavy atom. The molecule has 0 aliphatic heterocycles. The summed E-state index contributed by atoms with van der Waals surface area (Å²) in [5.74, 6) is 1.72. The van der Waals surface area contributed by atoms with Crippen molar-refractivity contribution in [3.8, 4) is 5.75 Å². The number of unbranched alkanes of at least 4 members (excludes halogenated alkanes) is 2. The van der Waals surface area contributed by atoms with E-state index in [1.54, 1.807) is 0 Å². The van der Waals surface area contributed by atoms with Crippen LogP contribution in [0.15, 0.2) is 42.5 Å². The Bertz CT molecular complexity index is 777. The van der Waals surface area contributed by atoms with Gasteiger partial charge in [-0.2, -0.15) is 0 Å². The van der Waals surface area contributed by atoms with E-state index in [0.717, 1.165) is 50.1 Å². The molecule has 1 N–H and O–H groups in total. The number of hydrogen-bond donors (Lipinski definition) is 1. The molecule has 0 fully saturated rings. The Morgan fingerprint density at radius 3 is 2.21 bits per heavy atom. The fourth-order valence-electron chi connectivity index (χ4n) is 4.13. The summed E-state index contributed by atoms with van der Waals surface area (Å²) in [6, 6.07) is 14.6. The van der Waals surface area contributed by atoms with Crippen molar-refractivity contribution in [2.75, 3.05) is 13.1 Å². The van der Waals surface area contributed by atoms with Gasteiger partial charge < -0.3 is 9.64 Å². The van der Waals surface area contributed by atoms with Gasteiger partial charge in [-0.15, -0.1) is 0 Å². The van der Waals surface area contributed by atoms with Gasteiger partial charge in [0.1, 0.15) is 18.2 Å². The Labute approximate surface area is 176 Å². The average Bonchev–Trinajstić information content (AvgIpc) is 2.78. The first-order valence-corrected chi connectivity index (χ1v) is 11.4. The van der Waals surface area contributed by atoms with Gasteiger partial charge in [-0.05, 0) is 67.3 Å². The quantitative estimate of drug-likeness (QED) is 0.376. The number of nitrogens with one attached hydrogen (secondary N) is 1. The van der Waals surface area contributed by atoms with Crippen LogP contribution in [0.1, 0.15) is 74.6 Å². The maximum Gasteiger partial charge on any atom is 0.128 e. The third-order valence-corrected chi connectivity index (χ3v) is 5.86. The second kappa shape index (κ2) is 11.0. The minimum absolute atomic E-state index is 0.600. The summed E-state index contributed by atoms with van der Waals surface area (Å²) in [5.41, 5.74) is 5.00. The number of amidine groups is 1. The minimum atomic E-state index is 0.600. The zero-order valence-corrected chi connectivity index (χ0v) is 18.2. The van der Waals surface area contributed by atoms with E-state index in [0.29, 0.717) is 12.4 Å². The summed E-state index contributed by atoms with van der Waals surface area (Å²) < 4.78 is 6.23. The maximum atomic E-state index is 8.98. The summed E-state index contributed by atoms with van der Waals surface area (Å²) in [6.07, 6.45) is 9.16. The first-order valence-electron chi connectivity index (χ1n) is 11.4. The Hall–Kier alpha value is -2.29. The molecule has 0 saturated carbocycles. The van der Waals surface area contributed by atoms with Gasteiger partial charge in [0.25, 0.3) is 0 Å². The van der Waals surface area contributed by atoms with Crippen molar-refractivity contribution < 1.29 is 4.74 Å². The molecule has 29 heavy (non-hydrogen) atoms. The van der Waals surface area contributed by atoms with Gasteiger partial charge in [0.15, 0.2) is 0 Å². The molecule has 156 valence electrons. The van der Waals surface area contributed by atoms with Crippen molar-refractivity contribution in [2.24, 2.45) is 0 Å². The van der Waals surface area contributed by atoms with Crippen molar-refractivity contribution in [3.63, 3.8) is 0 Å². The zero-order chi connectivity index (χ0) is 20.5. The summed E-state index contributed by atoms with van der Waals surface area (Å²) in [4.78, 5) is 2.29. The van der Waals surface area contributed by atoms with Crippen LogP contribution in [-0.2, 0) is 19.4 Å². The molecule has 1 aliphatic rings. The Morgan fingerprint density at radius 2 is 1.55 bits per heavy atom. The number of ether oxygens (including phenoxy) is 1. The summed E-state index contributed by atoms with van der Waals surface area (Å²) in [7, 11) is 0. The van der Waals surface area contributed by atoms with Gasteiger partial charge in [0, 0.05) is 18.7 Å². The van der Waals surface area contributed by atoms with Gasteiger partial charge in [-0.1, -0.05) is 57.0 Å². The lowest BCUT2D eigenvalue weighted by Crippen LogP contribution is -2.34. The van der Waals surface area contributed by atoms with Crippen LogP contribution in [0, 0.1) is 5.41 Å². The Balaban J connectivity index is 1.82. The van der Waals surface area contributed by atoms with Crippen molar-refractivity contribution >= 4 is 5.84 Å². The van der Waals surface area contributed by atoms with Crippen LogP contribution in [-0.4, -0.2) is 23.8 Å². The minimum Gasteiger partial charge on any atom is -0.489 e. The molecule has 0 heterocycles. The van der Waals surface area contributed by atoms with E-state index in [9.17, 15) is 0 Å². The van der Waals surface area contributed by atoms with Crippen molar-refractivity contribution in [1.82, 2.24) is 4.90 Å². The standard InChI is InChI=1S/C26H36N2O/c1-3-5-18-28(19-6-4-2)26(27)24-16-17-25(23-15-11-10-14-22(23)24)29-20-21-12-8-7-9-13-21/h7-9,12-13,16-17,27H,3-6,10-11,14-15,18-20H2,1-2H3. The van der Waals surface area contributed by atoms with Crippen LogP contribution in [0.5, 0.6) is 5.75 Å². The molecule has 2 aromatic rings. The van der Waals surface area contributed by atoms with Crippen LogP contribution < -0.4 is 4.74 Å². The van der Waals surface area contributed by atoms with Gasteiger partial charge in [-0.25, -0.2) is 0 Å². The highest BCUT2D eigenvalue weighted by Crippen LogP contribution is 2.33. The van der Waals surface area contributed by atoms with Gasteiger partial charge in [0.05, 0.1) is 0 Å². The summed E-state index contributed by atoms with van der Waals surface area (Å²) in [5, 5.41) is 8.98. The molecule has 0 atom stereocenters. The fraction of sp³-hybridized carbons (Fsp3) is 0.500. The van der Waals surface area contributed by atoms with E-state index in [-0.39, 0.29) is 0 Å². The zero-order valence-electron chi connectivity index (χ0n) is 18.2. The number of benzene rings is 2. The van der Waals surface area contributed by atoms with Crippen molar-refractivity contribution in [1.29, 1.82) is 5.41 Å². The lowest BCUT2D eigenvalue weighted by atomic mass is 9.87. The number of nitrogens with zero attached hydrogens (tertiary/aromatic N) is 1. The van der Waals surface area contributed by atoms with E-state index >= 15 is 0 Å². The highest BCUT2D eigenvalue weighted by molar-refractivity contribution is 5.98. The van der Waals surface area contributed by atoms with E-state index in [1.165, 1.54) is 42.4 Å². The van der Waals surface area contributed by atoms with Crippen molar-refractivity contribution in [3.05, 3.63) is 64.7 Å². The van der Waals surface area contributed by atoms with Gasteiger partial charge >= 0.3 is 0 Å². The van der Waals surface area contributed by atoms with Crippen LogP contribution in [0.2, 0.25) is 0 Å².